The summed E-state index contributed by atoms with van der Waals surface area (Å²) >= 11 is 0. The Morgan fingerprint density at radius 3 is 2.36 bits per heavy atom. The highest BCUT2D eigenvalue weighted by Gasteiger charge is 2.14. The van der Waals surface area contributed by atoms with Gasteiger partial charge >= 0.3 is 0 Å². The van der Waals surface area contributed by atoms with Gasteiger partial charge in [-0.1, -0.05) is 0 Å². The largest absolute Gasteiger partial charge is 0.304 e. The highest BCUT2D eigenvalue weighted by atomic mass is 32.2. The number of hydrogen-bond donors (Lipinski definition) is 1. The molecule has 1 aromatic carbocycles. The van der Waals surface area contributed by atoms with Crippen molar-refractivity contribution in [1.29, 1.82) is 0 Å². The second-order valence-electron chi connectivity index (χ2n) is 5.70. The fourth-order valence-electron chi connectivity index (χ4n) is 2.44. The first-order valence-corrected chi connectivity index (χ1v) is 9.12. The predicted molar refractivity (Wildman–Crippen MR) is 84.8 cm³/mol. The van der Waals surface area contributed by atoms with E-state index in [1.807, 2.05) is 0 Å². The third-order valence-electron chi connectivity index (χ3n) is 3.91. The minimum Gasteiger partial charge on any atom is -0.304 e. The third kappa shape index (κ3) is 5.31. The monoisotopic (exact) mass is 329 g/mol. The van der Waals surface area contributed by atoms with E-state index >= 15 is 0 Å². The van der Waals surface area contributed by atoms with Crippen LogP contribution in [-0.2, 0) is 10.0 Å². The minimum absolute atomic E-state index is 0.105. The van der Waals surface area contributed by atoms with Crippen LogP contribution >= 0.6 is 0 Å². The number of sulfonamides is 1. The van der Waals surface area contributed by atoms with Crippen molar-refractivity contribution in [3.63, 3.8) is 0 Å². The maximum atomic E-state index is 12.8. The Bertz CT molecular complexity index is 555. The molecule has 7 heteroatoms. The van der Waals surface area contributed by atoms with Crippen LogP contribution in [0.25, 0.3) is 0 Å². The summed E-state index contributed by atoms with van der Waals surface area (Å²) in [6.07, 6.45) is 1.77. The summed E-state index contributed by atoms with van der Waals surface area (Å²) < 4.78 is 39.4. The number of nitrogens with one attached hydrogen (secondary N) is 1. The molecule has 0 unspecified atom stereocenters. The second kappa shape index (κ2) is 8.01. The van der Waals surface area contributed by atoms with Crippen LogP contribution in [-0.4, -0.2) is 64.5 Å². The van der Waals surface area contributed by atoms with Gasteiger partial charge in [-0.3, -0.25) is 0 Å². The first-order valence-electron chi connectivity index (χ1n) is 7.63. The van der Waals surface area contributed by atoms with E-state index in [2.05, 4.69) is 21.6 Å². The Balaban J connectivity index is 1.66. The summed E-state index contributed by atoms with van der Waals surface area (Å²) in [4.78, 5) is 4.83. The molecule has 0 atom stereocenters. The summed E-state index contributed by atoms with van der Waals surface area (Å²) in [5, 5.41) is 0. The molecule has 22 heavy (non-hydrogen) atoms. The van der Waals surface area contributed by atoms with Crippen LogP contribution in [0, 0.1) is 5.82 Å². The lowest BCUT2D eigenvalue weighted by atomic mass is 10.2. The Hall–Kier alpha value is -1.02. The normalized spacial score (nSPS) is 17.7. The number of benzene rings is 1. The second-order valence-corrected chi connectivity index (χ2v) is 7.47. The van der Waals surface area contributed by atoms with Crippen LogP contribution in [0.1, 0.15) is 12.8 Å². The first-order chi connectivity index (χ1) is 10.5. The van der Waals surface area contributed by atoms with Gasteiger partial charge in [0.2, 0.25) is 10.0 Å². The lowest BCUT2D eigenvalue weighted by Crippen LogP contribution is -2.44. The molecule has 1 fully saturated rings. The summed E-state index contributed by atoms with van der Waals surface area (Å²) in [6.45, 7) is 5.77. The number of hydrogen-bond acceptors (Lipinski definition) is 4. The van der Waals surface area contributed by atoms with E-state index in [1.54, 1.807) is 0 Å². The van der Waals surface area contributed by atoms with Crippen molar-refractivity contribution in [2.45, 2.75) is 17.7 Å². The van der Waals surface area contributed by atoms with Gasteiger partial charge in [-0.2, -0.15) is 0 Å². The van der Waals surface area contributed by atoms with E-state index in [4.69, 9.17) is 0 Å². The number of halogens is 1. The van der Waals surface area contributed by atoms with Gasteiger partial charge in [0, 0.05) is 32.7 Å². The van der Waals surface area contributed by atoms with Crippen molar-refractivity contribution in [2.24, 2.45) is 0 Å². The van der Waals surface area contributed by atoms with Crippen molar-refractivity contribution >= 4 is 10.0 Å². The van der Waals surface area contributed by atoms with E-state index in [9.17, 15) is 12.8 Å². The molecule has 0 aliphatic carbocycles. The smallest absolute Gasteiger partial charge is 0.240 e. The standard InChI is InChI=1S/C15H24FN3O2S/c1-18-10-12-19(13-11-18)9-3-2-8-17-22(20,21)15-6-4-14(16)5-7-15/h4-7,17H,2-3,8-13H2,1H3. The fraction of sp³-hybridized carbons (Fsp3) is 0.600. The van der Waals surface area contributed by atoms with Gasteiger partial charge in [0.25, 0.3) is 0 Å². The number of nitrogens with zero attached hydrogens (tertiary/aromatic N) is 2. The molecule has 1 aromatic rings. The SMILES string of the molecule is CN1CCN(CCCCNS(=O)(=O)c2ccc(F)cc2)CC1. The van der Waals surface area contributed by atoms with Gasteiger partial charge in [0.05, 0.1) is 4.90 Å². The maximum Gasteiger partial charge on any atom is 0.240 e. The van der Waals surface area contributed by atoms with Crippen LogP contribution in [0.5, 0.6) is 0 Å². The zero-order chi connectivity index (χ0) is 16.0. The predicted octanol–water partition coefficient (Wildman–Crippen LogP) is 1.13. The van der Waals surface area contributed by atoms with Crippen molar-refractivity contribution in [3.8, 4) is 0 Å². The van der Waals surface area contributed by atoms with Crippen molar-refractivity contribution in [2.75, 3.05) is 46.3 Å². The molecule has 0 amide bonds. The average molecular weight is 329 g/mol. The number of rotatable bonds is 7. The van der Waals surface area contributed by atoms with E-state index in [-0.39, 0.29) is 4.90 Å². The Kier molecular flexibility index (Phi) is 6.31. The molecule has 1 aliphatic rings. The molecule has 0 aromatic heterocycles. The quantitative estimate of drug-likeness (QED) is 0.762. The maximum absolute atomic E-state index is 12.8. The van der Waals surface area contributed by atoms with Gasteiger partial charge in [-0.15, -0.1) is 0 Å². The Labute approximate surface area is 132 Å². The topological polar surface area (TPSA) is 52.6 Å². The molecule has 0 spiro atoms. The zero-order valence-electron chi connectivity index (χ0n) is 13.0. The number of likely N-dealkylation sites (N-methyl/N-ethyl adjacent to an activating group) is 1. The van der Waals surface area contributed by atoms with Gasteiger partial charge in [0.15, 0.2) is 0 Å². The molecular weight excluding hydrogens is 305 g/mol. The summed E-state index contributed by atoms with van der Waals surface area (Å²) in [7, 11) is -1.40. The van der Waals surface area contributed by atoms with Gasteiger partial charge < -0.3 is 9.80 Å². The summed E-state index contributed by atoms with van der Waals surface area (Å²) in [5.41, 5.74) is 0. The van der Waals surface area contributed by atoms with E-state index in [0.717, 1.165) is 57.7 Å². The molecular formula is C15H24FN3O2S. The summed E-state index contributed by atoms with van der Waals surface area (Å²) in [5.74, 6) is -0.439. The molecule has 124 valence electrons. The lowest BCUT2D eigenvalue weighted by molar-refractivity contribution is 0.152. The average Bonchev–Trinajstić information content (AvgIpc) is 2.49. The first kappa shape index (κ1) is 17.3. The molecule has 5 nitrogen and oxygen atoms in total. The fourth-order valence-corrected chi connectivity index (χ4v) is 3.51. The van der Waals surface area contributed by atoms with Gasteiger partial charge in [0.1, 0.15) is 5.82 Å². The lowest BCUT2D eigenvalue weighted by Gasteiger charge is -2.32. The molecule has 0 saturated carbocycles. The van der Waals surface area contributed by atoms with Gasteiger partial charge in [-0.05, 0) is 50.7 Å². The molecule has 1 aliphatic heterocycles. The van der Waals surface area contributed by atoms with Crippen LogP contribution in [0.4, 0.5) is 4.39 Å². The number of unbranched alkanes of at least 4 members (excludes halogenated alkanes) is 1. The Morgan fingerprint density at radius 2 is 1.73 bits per heavy atom. The van der Waals surface area contributed by atoms with Crippen LogP contribution in [0.3, 0.4) is 0 Å². The van der Waals surface area contributed by atoms with Crippen LogP contribution < -0.4 is 4.72 Å². The zero-order valence-corrected chi connectivity index (χ0v) is 13.8. The molecule has 2 rings (SSSR count). The molecule has 1 heterocycles. The van der Waals surface area contributed by atoms with Crippen molar-refractivity contribution in [3.05, 3.63) is 30.1 Å². The van der Waals surface area contributed by atoms with Crippen molar-refractivity contribution < 1.29 is 12.8 Å². The molecule has 0 bridgehead atoms. The van der Waals surface area contributed by atoms with E-state index < -0.39 is 15.8 Å². The van der Waals surface area contributed by atoms with E-state index in [1.165, 1.54) is 12.1 Å². The number of piperazine rings is 1. The van der Waals surface area contributed by atoms with Gasteiger partial charge in [-0.25, -0.2) is 17.5 Å². The molecule has 0 radical (unpaired) electrons. The highest BCUT2D eigenvalue weighted by Crippen LogP contribution is 2.09. The Morgan fingerprint density at radius 1 is 1.09 bits per heavy atom. The van der Waals surface area contributed by atoms with Crippen LogP contribution in [0.15, 0.2) is 29.2 Å². The van der Waals surface area contributed by atoms with Crippen LogP contribution in [0.2, 0.25) is 0 Å². The highest BCUT2D eigenvalue weighted by molar-refractivity contribution is 7.89. The minimum atomic E-state index is -3.53. The van der Waals surface area contributed by atoms with E-state index in [0.29, 0.717) is 6.54 Å². The third-order valence-corrected chi connectivity index (χ3v) is 5.39. The summed E-state index contributed by atoms with van der Waals surface area (Å²) in [6, 6.07) is 4.87. The van der Waals surface area contributed by atoms with Crippen molar-refractivity contribution in [1.82, 2.24) is 14.5 Å². The molecule has 1 saturated heterocycles. The molecule has 1 N–H and O–H groups in total.